The predicted octanol–water partition coefficient (Wildman–Crippen LogP) is 5.73. The van der Waals surface area contributed by atoms with E-state index in [2.05, 4.69) is 12.1 Å². The van der Waals surface area contributed by atoms with Crippen LogP contribution in [0.15, 0.2) is 88.3 Å². The van der Waals surface area contributed by atoms with Gasteiger partial charge >= 0.3 is 0 Å². The fraction of sp³-hybridized carbons (Fsp3) is 0.0870. The zero-order valence-electron chi connectivity index (χ0n) is 14.5. The fourth-order valence-electron chi connectivity index (χ4n) is 3.00. The van der Waals surface area contributed by atoms with Gasteiger partial charge in [0.25, 0.3) is 0 Å². The number of hydrogen-bond donors (Lipinski definition) is 0. The Labute approximate surface area is 161 Å². The highest BCUT2D eigenvalue weighted by molar-refractivity contribution is 6.33. The van der Waals surface area contributed by atoms with Crippen LogP contribution in [-0.2, 0) is 6.42 Å². The van der Waals surface area contributed by atoms with Crippen molar-refractivity contribution in [3.8, 4) is 16.9 Å². The molecule has 0 bridgehead atoms. The molecule has 1 aromatic heterocycles. The molecule has 4 heteroatoms. The Hall–Kier alpha value is -3.04. The van der Waals surface area contributed by atoms with Crippen molar-refractivity contribution < 1.29 is 9.15 Å². The van der Waals surface area contributed by atoms with Crippen LogP contribution in [0.3, 0.4) is 0 Å². The summed E-state index contributed by atoms with van der Waals surface area (Å²) in [4.78, 5) is 12.8. The Bertz CT molecular complexity index is 1130. The summed E-state index contributed by atoms with van der Waals surface area (Å²) in [6, 6.07) is 22.7. The van der Waals surface area contributed by atoms with E-state index in [0.29, 0.717) is 39.5 Å². The topological polar surface area (TPSA) is 39.4 Å². The highest BCUT2D eigenvalue weighted by Crippen LogP contribution is 2.27. The highest BCUT2D eigenvalue weighted by Gasteiger charge is 2.12. The van der Waals surface area contributed by atoms with Gasteiger partial charge in [-0.15, -0.1) is 0 Å². The minimum atomic E-state index is -0.111. The number of ether oxygens (including phenoxy) is 1. The second kappa shape index (κ2) is 7.68. The first kappa shape index (κ1) is 17.4. The quantitative estimate of drug-likeness (QED) is 0.446. The lowest BCUT2D eigenvalue weighted by Crippen LogP contribution is -2.06. The average Bonchev–Trinajstić information content (AvgIpc) is 2.70. The van der Waals surface area contributed by atoms with Crippen molar-refractivity contribution in [1.29, 1.82) is 0 Å². The summed E-state index contributed by atoms with van der Waals surface area (Å²) in [7, 11) is 0. The molecule has 0 aliphatic rings. The molecule has 0 spiro atoms. The highest BCUT2D eigenvalue weighted by atomic mass is 35.5. The molecular weight excluding hydrogens is 360 g/mol. The monoisotopic (exact) mass is 376 g/mol. The standard InChI is InChI=1S/C23H17ClO3/c24-21-9-5-4-8-18(21)20-15-27-22-14-17(10-11-19(22)23(20)25)26-13-12-16-6-2-1-3-7-16/h1-11,14-15H,12-13H2. The van der Waals surface area contributed by atoms with Gasteiger partial charge in [-0.05, 0) is 23.8 Å². The van der Waals surface area contributed by atoms with Crippen LogP contribution in [0, 0.1) is 0 Å². The van der Waals surface area contributed by atoms with Crippen LogP contribution in [0.1, 0.15) is 5.56 Å². The zero-order valence-corrected chi connectivity index (χ0v) is 15.3. The third-order valence-electron chi connectivity index (χ3n) is 4.41. The van der Waals surface area contributed by atoms with Crippen molar-refractivity contribution >= 4 is 22.6 Å². The Morgan fingerprint density at radius 2 is 1.67 bits per heavy atom. The summed E-state index contributed by atoms with van der Waals surface area (Å²) in [6.45, 7) is 0.553. The summed E-state index contributed by atoms with van der Waals surface area (Å²) in [5.41, 5.74) is 2.71. The largest absolute Gasteiger partial charge is 0.493 e. The number of rotatable bonds is 5. The van der Waals surface area contributed by atoms with Crippen LogP contribution in [0.5, 0.6) is 5.75 Å². The van der Waals surface area contributed by atoms with Crippen LogP contribution in [0.25, 0.3) is 22.1 Å². The molecule has 0 aliphatic heterocycles. The molecule has 0 N–H and O–H groups in total. The maximum Gasteiger partial charge on any atom is 0.200 e. The number of fused-ring (bicyclic) bond motifs is 1. The second-order valence-electron chi connectivity index (χ2n) is 6.20. The van der Waals surface area contributed by atoms with Crippen molar-refractivity contribution in [2.45, 2.75) is 6.42 Å². The first-order valence-corrected chi connectivity index (χ1v) is 9.07. The molecule has 4 aromatic rings. The van der Waals surface area contributed by atoms with Gasteiger partial charge in [0, 0.05) is 23.1 Å². The van der Waals surface area contributed by atoms with Crippen molar-refractivity contribution in [3.63, 3.8) is 0 Å². The zero-order chi connectivity index (χ0) is 18.6. The van der Waals surface area contributed by atoms with Crippen molar-refractivity contribution in [3.05, 3.63) is 99.9 Å². The first-order valence-electron chi connectivity index (χ1n) is 8.69. The molecule has 0 radical (unpaired) electrons. The summed E-state index contributed by atoms with van der Waals surface area (Å²) in [6.07, 6.45) is 2.27. The molecule has 3 nitrogen and oxygen atoms in total. The maximum atomic E-state index is 12.8. The third-order valence-corrected chi connectivity index (χ3v) is 4.74. The van der Waals surface area contributed by atoms with Crippen LogP contribution in [-0.4, -0.2) is 6.61 Å². The van der Waals surface area contributed by atoms with Crippen LogP contribution >= 0.6 is 11.6 Å². The molecule has 0 aliphatic carbocycles. The Kier molecular flexibility index (Phi) is 4.95. The minimum absolute atomic E-state index is 0.111. The molecule has 134 valence electrons. The van der Waals surface area contributed by atoms with Crippen LogP contribution in [0.2, 0.25) is 5.02 Å². The van der Waals surface area contributed by atoms with E-state index in [4.69, 9.17) is 20.8 Å². The molecule has 0 unspecified atom stereocenters. The lowest BCUT2D eigenvalue weighted by Gasteiger charge is -2.08. The van der Waals surface area contributed by atoms with E-state index in [1.807, 2.05) is 36.4 Å². The fourth-order valence-corrected chi connectivity index (χ4v) is 3.23. The van der Waals surface area contributed by atoms with Crippen molar-refractivity contribution in [2.75, 3.05) is 6.61 Å². The maximum absolute atomic E-state index is 12.8. The van der Waals surface area contributed by atoms with Crippen molar-refractivity contribution in [2.24, 2.45) is 0 Å². The second-order valence-corrected chi connectivity index (χ2v) is 6.61. The molecule has 3 aromatic carbocycles. The van der Waals surface area contributed by atoms with Gasteiger partial charge in [0.2, 0.25) is 5.43 Å². The molecular formula is C23H17ClO3. The van der Waals surface area contributed by atoms with E-state index in [0.717, 1.165) is 6.42 Å². The van der Waals surface area contributed by atoms with Gasteiger partial charge in [-0.25, -0.2) is 0 Å². The first-order chi connectivity index (χ1) is 13.2. The molecule has 0 atom stereocenters. The Balaban J connectivity index is 1.58. The summed E-state index contributed by atoms with van der Waals surface area (Å²) >= 11 is 6.21. The molecule has 1 heterocycles. The SMILES string of the molecule is O=c1c(-c2ccccc2Cl)coc2cc(OCCc3ccccc3)ccc12. The predicted molar refractivity (Wildman–Crippen MR) is 109 cm³/mol. The summed E-state index contributed by atoms with van der Waals surface area (Å²) in [5.74, 6) is 0.673. The van der Waals surface area contributed by atoms with E-state index >= 15 is 0 Å². The number of halogens is 1. The summed E-state index contributed by atoms with van der Waals surface area (Å²) in [5, 5.41) is 1.02. The Morgan fingerprint density at radius 3 is 2.48 bits per heavy atom. The smallest absolute Gasteiger partial charge is 0.200 e. The molecule has 0 saturated carbocycles. The van der Waals surface area contributed by atoms with Crippen molar-refractivity contribution in [1.82, 2.24) is 0 Å². The Morgan fingerprint density at radius 1 is 0.889 bits per heavy atom. The molecule has 0 fully saturated rings. The van der Waals surface area contributed by atoms with E-state index < -0.39 is 0 Å². The number of benzene rings is 3. The van der Waals surface area contributed by atoms with E-state index in [1.54, 1.807) is 24.3 Å². The normalized spacial score (nSPS) is 10.9. The minimum Gasteiger partial charge on any atom is -0.493 e. The van der Waals surface area contributed by atoms with E-state index in [9.17, 15) is 4.79 Å². The van der Waals surface area contributed by atoms with E-state index in [-0.39, 0.29) is 5.43 Å². The molecule has 0 amide bonds. The van der Waals surface area contributed by atoms with Crippen LogP contribution < -0.4 is 10.2 Å². The lowest BCUT2D eigenvalue weighted by molar-refractivity contribution is 0.322. The lowest BCUT2D eigenvalue weighted by atomic mass is 10.1. The van der Waals surface area contributed by atoms with Gasteiger partial charge in [-0.2, -0.15) is 0 Å². The third kappa shape index (κ3) is 3.74. The van der Waals surface area contributed by atoms with Gasteiger partial charge in [0.05, 0.1) is 17.6 Å². The molecule has 0 saturated heterocycles. The van der Waals surface area contributed by atoms with Crippen LogP contribution in [0.4, 0.5) is 0 Å². The molecule has 27 heavy (non-hydrogen) atoms. The van der Waals surface area contributed by atoms with Gasteiger partial charge in [-0.3, -0.25) is 4.79 Å². The molecule has 4 rings (SSSR count). The average molecular weight is 377 g/mol. The van der Waals surface area contributed by atoms with Gasteiger partial charge in [-0.1, -0.05) is 60.1 Å². The van der Waals surface area contributed by atoms with E-state index in [1.165, 1.54) is 11.8 Å². The van der Waals surface area contributed by atoms with Gasteiger partial charge in [0.1, 0.15) is 17.6 Å². The van der Waals surface area contributed by atoms with Gasteiger partial charge < -0.3 is 9.15 Å². The number of hydrogen-bond acceptors (Lipinski definition) is 3. The summed E-state index contributed by atoms with van der Waals surface area (Å²) < 4.78 is 11.5. The van der Waals surface area contributed by atoms with Gasteiger partial charge in [0.15, 0.2) is 0 Å².